The summed E-state index contributed by atoms with van der Waals surface area (Å²) < 4.78 is 12.7. The van der Waals surface area contributed by atoms with E-state index in [-0.39, 0.29) is 17.5 Å². The van der Waals surface area contributed by atoms with E-state index in [9.17, 15) is 9.18 Å². The van der Waals surface area contributed by atoms with E-state index in [1.165, 1.54) is 12.1 Å². The second kappa shape index (κ2) is 6.50. The van der Waals surface area contributed by atoms with Crippen molar-refractivity contribution in [3.8, 4) is 0 Å². The van der Waals surface area contributed by atoms with Crippen LogP contribution in [-0.4, -0.2) is 12.3 Å². The van der Waals surface area contributed by atoms with Crippen LogP contribution >= 0.6 is 0 Å². The highest BCUT2D eigenvalue weighted by Crippen LogP contribution is 2.11. The molecule has 0 aliphatic carbocycles. The molecule has 0 amide bonds. The van der Waals surface area contributed by atoms with Gasteiger partial charge in [0.2, 0.25) is 0 Å². The van der Waals surface area contributed by atoms with Gasteiger partial charge in [-0.15, -0.1) is 0 Å². The van der Waals surface area contributed by atoms with Gasteiger partial charge in [-0.3, -0.25) is 4.79 Å². The highest BCUT2D eigenvalue weighted by molar-refractivity contribution is 5.78. The Labute approximate surface area is 102 Å². The van der Waals surface area contributed by atoms with Gasteiger partial charge in [0, 0.05) is 19.0 Å². The van der Waals surface area contributed by atoms with E-state index in [4.69, 9.17) is 0 Å². The lowest BCUT2D eigenvalue weighted by Crippen LogP contribution is -2.30. The summed E-state index contributed by atoms with van der Waals surface area (Å²) in [6, 6.07) is 6.39. The predicted octanol–water partition coefficient (Wildman–Crippen LogP) is 2.78. The van der Waals surface area contributed by atoms with Crippen molar-refractivity contribution in [3.05, 3.63) is 35.6 Å². The number of carbonyl (C=O) groups excluding carboxylic acids is 1. The third kappa shape index (κ3) is 4.65. The third-order valence-electron chi connectivity index (χ3n) is 2.93. The van der Waals surface area contributed by atoms with E-state index < -0.39 is 0 Å². The molecule has 1 unspecified atom stereocenters. The fourth-order valence-corrected chi connectivity index (χ4v) is 1.82. The fraction of sp³-hybridized carbons (Fsp3) is 0.500. The van der Waals surface area contributed by atoms with Crippen LogP contribution in [-0.2, 0) is 11.3 Å². The molecule has 1 aromatic rings. The highest BCUT2D eigenvalue weighted by Gasteiger charge is 2.17. The largest absolute Gasteiger partial charge is 0.312 e. The Morgan fingerprint density at radius 1 is 1.29 bits per heavy atom. The van der Waals surface area contributed by atoms with Crippen molar-refractivity contribution < 1.29 is 9.18 Å². The molecule has 0 radical (unpaired) electrons. The lowest BCUT2D eigenvalue weighted by Gasteiger charge is -2.18. The average Bonchev–Trinajstić information content (AvgIpc) is 2.25. The van der Waals surface area contributed by atoms with Crippen molar-refractivity contribution in [2.45, 2.75) is 27.3 Å². The number of halogens is 1. The normalized spacial score (nSPS) is 12.8. The summed E-state index contributed by atoms with van der Waals surface area (Å²) in [5.74, 6) is 0.382. The molecule has 0 fully saturated rings. The van der Waals surface area contributed by atoms with E-state index in [2.05, 4.69) is 5.32 Å². The van der Waals surface area contributed by atoms with Gasteiger partial charge in [-0.2, -0.15) is 0 Å². The molecule has 0 heterocycles. The Morgan fingerprint density at radius 3 is 2.35 bits per heavy atom. The molecule has 1 aromatic carbocycles. The number of Topliss-reactive ketones (excluding diaryl/α,β-unsaturated/α-hetero) is 1. The minimum atomic E-state index is -0.224. The molecule has 1 N–H and O–H groups in total. The molecule has 94 valence electrons. The zero-order valence-electron chi connectivity index (χ0n) is 10.7. The molecular formula is C14H20FNO. The standard InChI is InChI=1S/C14H20FNO/c1-10(2)14(11(3)17)9-16-8-12-4-6-13(15)7-5-12/h4-7,10,14,16H,8-9H2,1-3H3. The van der Waals surface area contributed by atoms with Crippen LogP contribution < -0.4 is 5.32 Å². The van der Waals surface area contributed by atoms with Gasteiger partial charge in [0.1, 0.15) is 11.6 Å². The monoisotopic (exact) mass is 237 g/mol. The number of hydrogen-bond donors (Lipinski definition) is 1. The van der Waals surface area contributed by atoms with Crippen LogP contribution in [0.4, 0.5) is 4.39 Å². The van der Waals surface area contributed by atoms with Crippen LogP contribution in [0.15, 0.2) is 24.3 Å². The molecule has 0 aromatic heterocycles. The molecule has 3 heteroatoms. The van der Waals surface area contributed by atoms with E-state index in [1.807, 2.05) is 13.8 Å². The van der Waals surface area contributed by atoms with Crippen molar-refractivity contribution in [1.82, 2.24) is 5.32 Å². The first kappa shape index (κ1) is 13.8. The average molecular weight is 237 g/mol. The molecule has 0 aliphatic rings. The van der Waals surface area contributed by atoms with Crippen LogP contribution in [0.2, 0.25) is 0 Å². The Morgan fingerprint density at radius 2 is 1.88 bits per heavy atom. The van der Waals surface area contributed by atoms with Gasteiger partial charge >= 0.3 is 0 Å². The SMILES string of the molecule is CC(=O)C(CNCc1ccc(F)cc1)C(C)C. The van der Waals surface area contributed by atoms with Crippen LogP contribution in [0.3, 0.4) is 0 Å². The summed E-state index contributed by atoms with van der Waals surface area (Å²) in [7, 11) is 0. The van der Waals surface area contributed by atoms with Crippen molar-refractivity contribution in [1.29, 1.82) is 0 Å². The number of ketones is 1. The topological polar surface area (TPSA) is 29.1 Å². The van der Waals surface area contributed by atoms with Crippen LogP contribution in [0, 0.1) is 17.7 Å². The minimum Gasteiger partial charge on any atom is -0.312 e. The van der Waals surface area contributed by atoms with Gasteiger partial charge in [0.05, 0.1) is 0 Å². The van der Waals surface area contributed by atoms with Crippen LogP contribution in [0.5, 0.6) is 0 Å². The summed E-state index contributed by atoms with van der Waals surface area (Å²) >= 11 is 0. The van der Waals surface area contributed by atoms with Crippen molar-refractivity contribution >= 4 is 5.78 Å². The molecular weight excluding hydrogens is 217 g/mol. The molecule has 2 nitrogen and oxygen atoms in total. The van der Waals surface area contributed by atoms with E-state index >= 15 is 0 Å². The highest BCUT2D eigenvalue weighted by atomic mass is 19.1. The zero-order valence-corrected chi connectivity index (χ0v) is 10.7. The second-order valence-electron chi connectivity index (χ2n) is 4.72. The smallest absolute Gasteiger partial charge is 0.134 e. The van der Waals surface area contributed by atoms with Crippen molar-refractivity contribution in [2.24, 2.45) is 11.8 Å². The van der Waals surface area contributed by atoms with Gasteiger partial charge in [0.25, 0.3) is 0 Å². The molecule has 17 heavy (non-hydrogen) atoms. The summed E-state index contributed by atoms with van der Waals surface area (Å²) in [5, 5.41) is 3.24. The maximum atomic E-state index is 12.7. The van der Waals surface area contributed by atoms with Crippen molar-refractivity contribution in [2.75, 3.05) is 6.54 Å². The maximum absolute atomic E-state index is 12.7. The van der Waals surface area contributed by atoms with Gasteiger partial charge in [-0.25, -0.2) is 4.39 Å². The summed E-state index contributed by atoms with van der Waals surface area (Å²) in [5.41, 5.74) is 1.03. The van der Waals surface area contributed by atoms with Gasteiger partial charge < -0.3 is 5.32 Å². The van der Waals surface area contributed by atoms with E-state index in [0.29, 0.717) is 19.0 Å². The second-order valence-corrected chi connectivity index (χ2v) is 4.72. The maximum Gasteiger partial charge on any atom is 0.134 e. The van der Waals surface area contributed by atoms with Crippen LogP contribution in [0.25, 0.3) is 0 Å². The molecule has 0 saturated heterocycles. The fourth-order valence-electron chi connectivity index (χ4n) is 1.82. The Hall–Kier alpha value is -1.22. The molecule has 0 aliphatic heterocycles. The molecule has 0 bridgehead atoms. The van der Waals surface area contributed by atoms with Gasteiger partial charge in [-0.05, 0) is 30.5 Å². The minimum absolute atomic E-state index is 0.0513. The van der Waals surface area contributed by atoms with Gasteiger partial charge in [-0.1, -0.05) is 26.0 Å². The quantitative estimate of drug-likeness (QED) is 0.824. The third-order valence-corrected chi connectivity index (χ3v) is 2.93. The Bertz CT molecular complexity index is 359. The van der Waals surface area contributed by atoms with E-state index in [1.54, 1.807) is 19.1 Å². The number of carbonyl (C=O) groups is 1. The van der Waals surface area contributed by atoms with Crippen molar-refractivity contribution in [3.63, 3.8) is 0 Å². The number of nitrogens with one attached hydrogen (secondary N) is 1. The van der Waals surface area contributed by atoms with E-state index in [0.717, 1.165) is 5.56 Å². The first-order chi connectivity index (χ1) is 8.00. The Balaban J connectivity index is 2.41. The number of hydrogen-bond acceptors (Lipinski definition) is 2. The summed E-state index contributed by atoms with van der Waals surface area (Å²) in [6.45, 7) is 7.06. The first-order valence-corrected chi connectivity index (χ1v) is 5.96. The molecule has 0 saturated carbocycles. The lowest BCUT2D eigenvalue weighted by atomic mass is 9.92. The predicted molar refractivity (Wildman–Crippen MR) is 67.1 cm³/mol. The molecule has 0 spiro atoms. The first-order valence-electron chi connectivity index (χ1n) is 5.96. The zero-order chi connectivity index (χ0) is 12.8. The molecule has 1 atom stereocenters. The number of rotatable bonds is 6. The summed E-state index contributed by atoms with van der Waals surface area (Å²) in [4.78, 5) is 11.4. The summed E-state index contributed by atoms with van der Waals surface area (Å²) in [6.07, 6.45) is 0. The molecule has 1 rings (SSSR count). The lowest BCUT2D eigenvalue weighted by molar-refractivity contribution is -0.121. The van der Waals surface area contributed by atoms with Gasteiger partial charge in [0.15, 0.2) is 0 Å². The van der Waals surface area contributed by atoms with Crippen LogP contribution in [0.1, 0.15) is 26.3 Å². The number of benzene rings is 1. The Kier molecular flexibility index (Phi) is 5.29.